The van der Waals surface area contributed by atoms with Crippen molar-refractivity contribution in [2.24, 2.45) is 0 Å². The van der Waals surface area contributed by atoms with Crippen LogP contribution in [-0.2, 0) is 11.3 Å². The molecule has 2 N–H and O–H groups in total. The van der Waals surface area contributed by atoms with E-state index >= 15 is 0 Å². The summed E-state index contributed by atoms with van der Waals surface area (Å²) in [7, 11) is 0. The van der Waals surface area contributed by atoms with Gasteiger partial charge in [-0.3, -0.25) is 14.9 Å². The summed E-state index contributed by atoms with van der Waals surface area (Å²) in [6, 6.07) is 0. The van der Waals surface area contributed by atoms with Gasteiger partial charge >= 0.3 is 11.7 Å². The van der Waals surface area contributed by atoms with Gasteiger partial charge in [-0.25, -0.2) is 4.68 Å². The van der Waals surface area contributed by atoms with Crippen molar-refractivity contribution in [3.05, 3.63) is 15.8 Å². The Morgan fingerprint density at radius 3 is 2.76 bits per heavy atom. The van der Waals surface area contributed by atoms with Gasteiger partial charge in [-0.2, -0.15) is 5.10 Å². The standard InChI is InChI=1S/C9H14N4O4/c1-3-12-9(10-5-4-7(14)15)8(13(16)17)6(2)11-12/h10H,3-5H2,1-2H3,(H,14,15). The van der Waals surface area contributed by atoms with Crippen LogP contribution in [0.25, 0.3) is 0 Å². The maximum absolute atomic E-state index is 10.9. The zero-order chi connectivity index (χ0) is 13.0. The van der Waals surface area contributed by atoms with Crippen LogP contribution in [0.15, 0.2) is 0 Å². The Morgan fingerprint density at radius 2 is 2.29 bits per heavy atom. The highest BCUT2D eigenvalue weighted by Gasteiger charge is 2.24. The Kier molecular flexibility index (Phi) is 4.02. The molecule has 0 radical (unpaired) electrons. The fourth-order valence-corrected chi connectivity index (χ4v) is 1.48. The van der Waals surface area contributed by atoms with Crippen molar-refractivity contribution in [2.45, 2.75) is 26.8 Å². The second-order valence-corrected chi connectivity index (χ2v) is 3.43. The molecule has 1 aromatic heterocycles. The zero-order valence-electron chi connectivity index (χ0n) is 9.63. The first-order chi connectivity index (χ1) is 7.97. The first-order valence-electron chi connectivity index (χ1n) is 5.14. The topological polar surface area (TPSA) is 110 Å². The van der Waals surface area contributed by atoms with Crippen LogP contribution in [0.3, 0.4) is 0 Å². The molecule has 0 aromatic carbocycles. The van der Waals surface area contributed by atoms with Crippen LogP contribution >= 0.6 is 0 Å². The average molecular weight is 242 g/mol. The van der Waals surface area contributed by atoms with E-state index in [1.54, 1.807) is 13.8 Å². The van der Waals surface area contributed by atoms with E-state index in [9.17, 15) is 14.9 Å². The number of carboxylic acid groups (broad SMARTS) is 1. The number of hydrogen-bond acceptors (Lipinski definition) is 5. The van der Waals surface area contributed by atoms with Crippen LogP contribution in [0.1, 0.15) is 19.0 Å². The van der Waals surface area contributed by atoms with Gasteiger partial charge in [0.15, 0.2) is 0 Å². The Labute approximate surface area is 97.4 Å². The molecule has 0 aliphatic heterocycles. The van der Waals surface area contributed by atoms with Crippen LogP contribution in [0.4, 0.5) is 11.5 Å². The lowest BCUT2D eigenvalue weighted by Crippen LogP contribution is -2.12. The minimum absolute atomic E-state index is 0.0998. The monoisotopic (exact) mass is 242 g/mol. The Balaban J connectivity index is 2.94. The number of rotatable bonds is 6. The molecule has 0 aliphatic carbocycles. The first kappa shape index (κ1) is 12.9. The first-order valence-corrected chi connectivity index (χ1v) is 5.14. The molecule has 0 amide bonds. The van der Waals surface area contributed by atoms with E-state index in [4.69, 9.17) is 5.11 Å². The summed E-state index contributed by atoms with van der Waals surface area (Å²) in [6.07, 6.45) is -0.106. The van der Waals surface area contributed by atoms with Gasteiger partial charge in [-0.05, 0) is 13.8 Å². The molecular formula is C9H14N4O4. The van der Waals surface area contributed by atoms with E-state index in [1.165, 1.54) is 4.68 Å². The molecule has 0 saturated carbocycles. The number of hydrogen-bond donors (Lipinski definition) is 2. The number of carbonyl (C=O) groups is 1. The number of aryl methyl sites for hydroxylation is 2. The highest BCUT2D eigenvalue weighted by molar-refractivity contribution is 5.68. The van der Waals surface area contributed by atoms with Gasteiger partial charge in [0.25, 0.3) is 0 Å². The molecule has 1 rings (SSSR count). The molecule has 0 bridgehead atoms. The maximum atomic E-state index is 10.9. The third-order valence-electron chi connectivity index (χ3n) is 2.21. The lowest BCUT2D eigenvalue weighted by atomic mass is 10.3. The number of anilines is 1. The highest BCUT2D eigenvalue weighted by atomic mass is 16.6. The van der Waals surface area contributed by atoms with Crippen LogP contribution in [0, 0.1) is 17.0 Å². The molecule has 1 aromatic rings. The van der Waals surface area contributed by atoms with Crippen LogP contribution in [0.2, 0.25) is 0 Å². The third kappa shape index (κ3) is 2.92. The number of nitro groups is 1. The lowest BCUT2D eigenvalue weighted by Gasteiger charge is -2.05. The molecule has 0 saturated heterocycles. The molecule has 0 spiro atoms. The van der Waals surface area contributed by atoms with Crippen molar-refractivity contribution in [3.8, 4) is 0 Å². The molecule has 0 atom stereocenters. The van der Waals surface area contributed by atoms with Crippen molar-refractivity contribution in [3.63, 3.8) is 0 Å². The molecule has 0 aliphatic rings. The van der Waals surface area contributed by atoms with Crippen LogP contribution in [0.5, 0.6) is 0 Å². The molecular weight excluding hydrogens is 228 g/mol. The van der Waals surface area contributed by atoms with E-state index in [1.807, 2.05) is 0 Å². The maximum Gasteiger partial charge on any atom is 0.333 e. The summed E-state index contributed by atoms with van der Waals surface area (Å²) in [6.45, 7) is 3.95. The van der Waals surface area contributed by atoms with Gasteiger partial charge in [0, 0.05) is 13.1 Å². The fraction of sp³-hybridized carbons (Fsp3) is 0.556. The van der Waals surface area contributed by atoms with Crippen molar-refractivity contribution < 1.29 is 14.8 Å². The van der Waals surface area contributed by atoms with E-state index in [0.29, 0.717) is 12.2 Å². The Bertz CT molecular complexity index is 440. The van der Waals surface area contributed by atoms with Crippen molar-refractivity contribution >= 4 is 17.5 Å². The van der Waals surface area contributed by atoms with Crippen LogP contribution < -0.4 is 5.32 Å². The quantitative estimate of drug-likeness (QED) is 0.568. The number of nitrogens with zero attached hydrogens (tertiary/aromatic N) is 3. The largest absolute Gasteiger partial charge is 0.481 e. The molecule has 1 heterocycles. The molecule has 8 nitrogen and oxygen atoms in total. The minimum atomic E-state index is -0.959. The average Bonchev–Trinajstić information content (AvgIpc) is 2.54. The minimum Gasteiger partial charge on any atom is -0.481 e. The predicted octanol–water partition coefficient (Wildman–Crippen LogP) is 1.01. The second kappa shape index (κ2) is 5.28. The van der Waals surface area contributed by atoms with E-state index in [2.05, 4.69) is 10.4 Å². The number of carboxylic acids is 1. The van der Waals surface area contributed by atoms with Crippen LogP contribution in [-0.4, -0.2) is 32.3 Å². The van der Waals surface area contributed by atoms with Gasteiger partial charge in [0.1, 0.15) is 5.69 Å². The predicted molar refractivity (Wildman–Crippen MR) is 60.0 cm³/mol. The molecule has 94 valence electrons. The summed E-state index contributed by atoms with van der Waals surface area (Å²) in [5, 5.41) is 26.1. The van der Waals surface area contributed by atoms with Gasteiger partial charge in [-0.1, -0.05) is 0 Å². The molecule has 0 fully saturated rings. The molecule has 0 unspecified atom stereocenters. The number of aromatic nitrogens is 2. The van der Waals surface area contributed by atoms with E-state index < -0.39 is 10.9 Å². The van der Waals surface area contributed by atoms with Crippen molar-refractivity contribution in [2.75, 3.05) is 11.9 Å². The summed E-state index contributed by atoms with van der Waals surface area (Å²) in [5.74, 6) is -0.698. The van der Waals surface area contributed by atoms with Gasteiger partial charge < -0.3 is 10.4 Å². The summed E-state index contributed by atoms with van der Waals surface area (Å²) in [4.78, 5) is 20.7. The second-order valence-electron chi connectivity index (χ2n) is 3.43. The van der Waals surface area contributed by atoms with E-state index in [0.717, 1.165) is 0 Å². The smallest absolute Gasteiger partial charge is 0.333 e. The highest BCUT2D eigenvalue weighted by Crippen LogP contribution is 2.27. The lowest BCUT2D eigenvalue weighted by molar-refractivity contribution is -0.384. The van der Waals surface area contributed by atoms with Gasteiger partial charge in [-0.15, -0.1) is 0 Å². The van der Waals surface area contributed by atoms with Gasteiger partial charge in [0.05, 0.1) is 11.3 Å². The van der Waals surface area contributed by atoms with Gasteiger partial charge in [0.2, 0.25) is 5.82 Å². The summed E-state index contributed by atoms with van der Waals surface area (Å²) in [5.41, 5.74) is 0.215. The summed E-state index contributed by atoms with van der Waals surface area (Å²) >= 11 is 0. The van der Waals surface area contributed by atoms with Crippen molar-refractivity contribution in [1.82, 2.24) is 9.78 Å². The number of nitrogens with one attached hydrogen (secondary N) is 1. The fourth-order valence-electron chi connectivity index (χ4n) is 1.48. The third-order valence-corrected chi connectivity index (χ3v) is 2.21. The van der Waals surface area contributed by atoms with Crippen molar-refractivity contribution in [1.29, 1.82) is 0 Å². The molecule has 17 heavy (non-hydrogen) atoms. The Morgan fingerprint density at radius 1 is 1.65 bits per heavy atom. The normalized spacial score (nSPS) is 10.2. The number of aliphatic carboxylic acids is 1. The van der Waals surface area contributed by atoms with E-state index in [-0.39, 0.29) is 24.5 Å². The molecule has 8 heteroatoms. The SMILES string of the molecule is CCn1nc(C)c([N+](=O)[O-])c1NCCC(=O)O. The zero-order valence-corrected chi connectivity index (χ0v) is 9.63. The Hall–Kier alpha value is -2.12. The summed E-state index contributed by atoms with van der Waals surface area (Å²) < 4.78 is 1.45.